The molecule has 1 aliphatic rings. The van der Waals surface area contributed by atoms with Crippen molar-refractivity contribution in [3.05, 3.63) is 52.5 Å². The quantitative estimate of drug-likeness (QED) is 0.730. The summed E-state index contributed by atoms with van der Waals surface area (Å²) in [7, 11) is -3.72. The average molecular weight is 402 g/mol. The van der Waals surface area contributed by atoms with Crippen LogP contribution < -0.4 is 4.72 Å². The van der Waals surface area contributed by atoms with Crippen LogP contribution in [0.2, 0.25) is 0 Å². The topological polar surface area (TPSA) is 79.4 Å². The maximum atomic E-state index is 12.8. The number of thiazole rings is 1. The first-order valence-corrected chi connectivity index (χ1v) is 10.9. The zero-order chi connectivity index (χ0) is 19.2. The molecular formula is C19H19N3O3S2. The van der Waals surface area contributed by atoms with Crippen molar-refractivity contribution in [3.63, 3.8) is 0 Å². The van der Waals surface area contributed by atoms with Gasteiger partial charge in [-0.05, 0) is 54.8 Å². The minimum absolute atomic E-state index is 0.00102. The van der Waals surface area contributed by atoms with E-state index in [1.807, 2.05) is 19.1 Å². The number of aromatic nitrogens is 1. The fraction of sp³-hybridized carbons (Fsp3) is 0.263. The Morgan fingerprint density at radius 1 is 1.19 bits per heavy atom. The molecule has 140 valence electrons. The van der Waals surface area contributed by atoms with Crippen LogP contribution in [0, 0.1) is 6.92 Å². The van der Waals surface area contributed by atoms with Crippen LogP contribution in [0.5, 0.6) is 0 Å². The largest absolute Gasteiger partial charge is 0.338 e. The lowest BCUT2D eigenvalue weighted by atomic mass is 10.00. The molecule has 0 saturated carbocycles. The predicted octanol–water partition coefficient (Wildman–Crippen LogP) is 3.31. The highest BCUT2D eigenvalue weighted by molar-refractivity contribution is 7.92. The number of anilines is 1. The highest BCUT2D eigenvalue weighted by atomic mass is 32.2. The molecule has 0 atom stereocenters. The second-order valence-electron chi connectivity index (χ2n) is 6.64. The standard InChI is InChI=1S/C19H19N3O3S2/c1-12-20-18-10-16(4-6-19(18)26-12)21-27(24,25)17-5-3-14-7-8-22(13(2)23)11-15(14)9-17/h3-6,9-10,21H,7-8,11H2,1-2H3. The van der Waals surface area contributed by atoms with Crippen LogP contribution in [0.25, 0.3) is 10.2 Å². The summed E-state index contributed by atoms with van der Waals surface area (Å²) in [6.45, 7) is 4.56. The van der Waals surface area contributed by atoms with E-state index < -0.39 is 10.0 Å². The molecule has 1 N–H and O–H groups in total. The van der Waals surface area contributed by atoms with Crippen molar-refractivity contribution in [1.29, 1.82) is 0 Å². The molecule has 0 saturated heterocycles. The van der Waals surface area contributed by atoms with Crippen molar-refractivity contribution in [2.24, 2.45) is 0 Å². The number of nitrogens with zero attached hydrogens (tertiary/aromatic N) is 2. The molecule has 0 unspecified atom stereocenters. The molecule has 3 aromatic rings. The van der Waals surface area contributed by atoms with Gasteiger partial charge in [0.15, 0.2) is 0 Å². The van der Waals surface area contributed by atoms with Gasteiger partial charge in [0.2, 0.25) is 5.91 Å². The lowest BCUT2D eigenvalue weighted by Crippen LogP contribution is -2.34. The molecule has 0 radical (unpaired) electrons. The fourth-order valence-corrected chi connectivity index (χ4v) is 5.20. The Labute approximate surface area is 161 Å². The second kappa shape index (κ2) is 6.61. The first kappa shape index (κ1) is 17.9. The lowest BCUT2D eigenvalue weighted by Gasteiger charge is -2.28. The number of hydrogen-bond acceptors (Lipinski definition) is 5. The minimum Gasteiger partial charge on any atom is -0.338 e. The Balaban J connectivity index is 1.63. The molecule has 2 aromatic carbocycles. The van der Waals surface area contributed by atoms with Crippen molar-refractivity contribution in [2.75, 3.05) is 11.3 Å². The number of benzene rings is 2. The summed E-state index contributed by atoms with van der Waals surface area (Å²) < 4.78 is 29.3. The zero-order valence-electron chi connectivity index (χ0n) is 15.0. The lowest BCUT2D eigenvalue weighted by molar-refractivity contribution is -0.129. The van der Waals surface area contributed by atoms with Crippen LogP contribution in [0.4, 0.5) is 5.69 Å². The number of rotatable bonds is 3. The van der Waals surface area contributed by atoms with Gasteiger partial charge in [0.05, 0.1) is 25.8 Å². The average Bonchev–Trinajstić information content (AvgIpc) is 2.99. The maximum Gasteiger partial charge on any atom is 0.261 e. The molecule has 27 heavy (non-hydrogen) atoms. The van der Waals surface area contributed by atoms with Gasteiger partial charge in [-0.15, -0.1) is 11.3 Å². The van der Waals surface area contributed by atoms with Gasteiger partial charge < -0.3 is 4.90 Å². The summed E-state index contributed by atoms with van der Waals surface area (Å²) in [6.07, 6.45) is 0.739. The van der Waals surface area contributed by atoms with E-state index in [2.05, 4.69) is 9.71 Å². The van der Waals surface area contributed by atoms with E-state index >= 15 is 0 Å². The Morgan fingerprint density at radius 2 is 2.00 bits per heavy atom. The van der Waals surface area contributed by atoms with Gasteiger partial charge >= 0.3 is 0 Å². The van der Waals surface area contributed by atoms with E-state index in [4.69, 9.17) is 0 Å². The highest BCUT2D eigenvalue weighted by Crippen LogP contribution is 2.27. The van der Waals surface area contributed by atoms with E-state index in [9.17, 15) is 13.2 Å². The Morgan fingerprint density at radius 3 is 2.78 bits per heavy atom. The van der Waals surface area contributed by atoms with Crippen LogP contribution in [-0.2, 0) is 27.8 Å². The van der Waals surface area contributed by atoms with Gasteiger partial charge in [-0.2, -0.15) is 0 Å². The van der Waals surface area contributed by atoms with Crippen LogP contribution in [0.15, 0.2) is 41.3 Å². The van der Waals surface area contributed by atoms with Gasteiger partial charge in [-0.3, -0.25) is 9.52 Å². The number of hydrogen-bond donors (Lipinski definition) is 1. The van der Waals surface area contributed by atoms with Crippen LogP contribution >= 0.6 is 11.3 Å². The second-order valence-corrected chi connectivity index (χ2v) is 9.56. The number of carbonyl (C=O) groups excluding carboxylic acids is 1. The van der Waals surface area contributed by atoms with Crippen molar-refractivity contribution >= 4 is 43.2 Å². The highest BCUT2D eigenvalue weighted by Gasteiger charge is 2.22. The molecule has 0 spiro atoms. The van der Waals surface area contributed by atoms with Gasteiger partial charge in [0.1, 0.15) is 0 Å². The van der Waals surface area contributed by atoms with E-state index in [0.29, 0.717) is 18.8 Å². The fourth-order valence-electron chi connectivity index (χ4n) is 3.29. The zero-order valence-corrected chi connectivity index (χ0v) is 16.7. The summed E-state index contributed by atoms with van der Waals surface area (Å²) in [4.78, 5) is 18.0. The summed E-state index contributed by atoms with van der Waals surface area (Å²) in [5.74, 6) is -0.00102. The van der Waals surface area contributed by atoms with Gasteiger partial charge in [0.25, 0.3) is 10.0 Å². The minimum atomic E-state index is -3.72. The first-order chi connectivity index (χ1) is 12.8. The smallest absolute Gasteiger partial charge is 0.261 e. The Bertz CT molecular complexity index is 1150. The molecule has 8 heteroatoms. The number of aryl methyl sites for hydroxylation is 1. The normalized spacial score (nSPS) is 14.2. The van der Waals surface area contributed by atoms with Gasteiger partial charge in [-0.1, -0.05) is 6.07 Å². The third-order valence-corrected chi connectivity index (χ3v) is 7.02. The summed E-state index contributed by atoms with van der Waals surface area (Å²) in [5.41, 5.74) is 3.23. The van der Waals surface area contributed by atoms with Gasteiger partial charge in [0, 0.05) is 20.0 Å². The molecule has 6 nitrogen and oxygen atoms in total. The number of fused-ring (bicyclic) bond motifs is 2. The maximum absolute atomic E-state index is 12.8. The monoisotopic (exact) mass is 401 g/mol. The van der Waals surface area contributed by atoms with Gasteiger partial charge in [-0.25, -0.2) is 13.4 Å². The molecule has 2 heterocycles. The van der Waals surface area contributed by atoms with Crippen LogP contribution in [-0.4, -0.2) is 30.8 Å². The number of sulfonamides is 1. The van der Waals surface area contributed by atoms with Crippen molar-refractivity contribution in [1.82, 2.24) is 9.88 Å². The first-order valence-electron chi connectivity index (χ1n) is 8.59. The summed E-state index contributed by atoms with van der Waals surface area (Å²) >= 11 is 1.57. The number of carbonyl (C=O) groups is 1. The summed E-state index contributed by atoms with van der Waals surface area (Å²) in [6, 6.07) is 10.5. The molecule has 1 aliphatic heterocycles. The number of amides is 1. The van der Waals surface area contributed by atoms with Crippen LogP contribution in [0.3, 0.4) is 0 Å². The molecule has 0 bridgehead atoms. The Kier molecular flexibility index (Phi) is 4.39. The van der Waals surface area contributed by atoms with E-state index in [-0.39, 0.29) is 10.8 Å². The molecule has 1 aromatic heterocycles. The molecule has 1 amide bonds. The van der Waals surface area contributed by atoms with Crippen molar-refractivity contribution in [3.8, 4) is 0 Å². The van der Waals surface area contributed by atoms with Crippen molar-refractivity contribution in [2.45, 2.75) is 31.7 Å². The van der Waals surface area contributed by atoms with E-state index in [0.717, 1.165) is 32.8 Å². The Hall–Kier alpha value is -2.45. The SMILES string of the molecule is CC(=O)N1CCc2ccc(S(=O)(=O)Nc3ccc4sc(C)nc4c3)cc2C1. The van der Waals surface area contributed by atoms with E-state index in [1.165, 1.54) is 6.92 Å². The van der Waals surface area contributed by atoms with Crippen LogP contribution in [0.1, 0.15) is 23.1 Å². The third-order valence-electron chi connectivity index (χ3n) is 4.69. The predicted molar refractivity (Wildman–Crippen MR) is 106 cm³/mol. The summed E-state index contributed by atoms with van der Waals surface area (Å²) in [5, 5.41) is 0.940. The number of nitrogens with one attached hydrogen (secondary N) is 1. The molecule has 0 aliphatic carbocycles. The molecule has 0 fully saturated rings. The molecular weight excluding hydrogens is 382 g/mol. The van der Waals surface area contributed by atoms with Crippen molar-refractivity contribution < 1.29 is 13.2 Å². The molecule has 4 rings (SSSR count). The third kappa shape index (κ3) is 3.54. The van der Waals surface area contributed by atoms with E-state index in [1.54, 1.807) is 40.5 Å².